The largest absolute Gasteiger partial charge is 0.299 e. The van der Waals surface area contributed by atoms with E-state index < -0.39 is 11.6 Å². The third-order valence-corrected chi connectivity index (χ3v) is 2.29. The quantitative estimate of drug-likeness (QED) is 0.776. The van der Waals surface area contributed by atoms with Gasteiger partial charge in [0.15, 0.2) is 4.77 Å². The van der Waals surface area contributed by atoms with Crippen LogP contribution in [0.1, 0.15) is 0 Å². The van der Waals surface area contributed by atoms with E-state index in [9.17, 15) is 13.6 Å². The minimum atomic E-state index is -0.747. The smallest absolute Gasteiger partial charge is 0.251 e. The Kier molecular flexibility index (Phi) is 2.66. The van der Waals surface area contributed by atoms with Crippen molar-refractivity contribution in [1.82, 2.24) is 9.55 Å². The number of nitrogens with one attached hydrogen (secondary N) is 1. The fourth-order valence-electron chi connectivity index (χ4n) is 1.28. The lowest BCUT2D eigenvalue weighted by atomic mass is 10.3. The number of H-pyrrole nitrogens is 1. The Morgan fingerprint density at radius 3 is 2.62 bits per heavy atom. The van der Waals surface area contributed by atoms with Gasteiger partial charge in [0.25, 0.3) is 5.56 Å². The molecule has 0 saturated carbocycles. The average Bonchev–Trinajstić information content (AvgIpc) is 2.19. The van der Waals surface area contributed by atoms with Gasteiger partial charge in [0.05, 0.1) is 5.69 Å². The van der Waals surface area contributed by atoms with Crippen molar-refractivity contribution >= 4 is 12.2 Å². The predicted octanol–water partition coefficient (Wildman–Crippen LogP) is 2.17. The molecule has 1 aromatic heterocycles. The molecule has 0 aliphatic heterocycles. The van der Waals surface area contributed by atoms with Gasteiger partial charge in [-0.2, -0.15) is 0 Å². The van der Waals surface area contributed by atoms with Gasteiger partial charge < -0.3 is 0 Å². The maximum absolute atomic E-state index is 13.4. The molecule has 0 aliphatic rings. The zero-order valence-electron chi connectivity index (χ0n) is 7.91. The molecule has 1 aromatic carbocycles. The number of hydrogen-bond acceptors (Lipinski definition) is 2. The molecule has 0 saturated heterocycles. The van der Waals surface area contributed by atoms with Gasteiger partial charge in [-0.25, -0.2) is 8.78 Å². The number of rotatable bonds is 1. The molecule has 1 heterocycles. The molecule has 0 radical (unpaired) electrons. The van der Waals surface area contributed by atoms with Crippen molar-refractivity contribution in [3.8, 4) is 5.69 Å². The van der Waals surface area contributed by atoms with E-state index in [0.29, 0.717) is 0 Å². The Balaban J connectivity index is 2.68. The lowest BCUT2D eigenvalue weighted by Gasteiger charge is -2.06. The normalized spacial score (nSPS) is 10.4. The van der Waals surface area contributed by atoms with E-state index in [0.717, 1.165) is 12.1 Å². The molecule has 0 bridgehead atoms. The van der Waals surface area contributed by atoms with Crippen LogP contribution in [0.3, 0.4) is 0 Å². The molecule has 0 spiro atoms. The van der Waals surface area contributed by atoms with Crippen molar-refractivity contribution in [1.29, 1.82) is 0 Å². The van der Waals surface area contributed by atoms with E-state index in [4.69, 9.17) is 12.2 Å². The second kappa shape index (κ2) is 3.97. The van der Waals surface area contributed by atoms with Gasteiger partial charge in [0, 0.05) is 18.3 Å². The standard InChI is InChI=1S/C10H6F2N2OS/c11-6-1-2-8(7(12)5-6)14-4-3-9(15)13-10(14)16/h1-5H,(H,13,15,16). The average molecular weight is 240 g/mol. The summed E-state index contributed by atoms with van der Waals surface area (Å²) in [4.78, 5) is 13.3. The molecule has 0 unspecified atom stereocenters. The van der Waals surface area contributed by atoms with Gasteiger partial charge >= 0.3 is 0 Å². The van der Waals surface area contributed by atoms with E-state index in [2.05, 4.69) is 4.98 Å². The third kappa shape index (κ3) is 1.92. The molecular weight excluding hydrogens is 234 g/mol. The van der Waals surface area contributed by atoms with Crippen LogP contribution in [0.4, 0.5) is 8.78 Å². The zero-order chi connectivity index (χ0) is 11.7. The lowest BCUT2D eigenvalue weighted by molar-refractivity contribution is 0.576. The van der Waals surface area contributed by atoms with Crippen LogP contribution in [-0.4, -0.2) is 9.55 Å². The molecule has 1 N–H and O–H groups in total. The SMILES string of the molecule is O=c1ccn(-c2ccc(F)cc2F)c(=S)[nH]1. The van der Waals surface area contributed by atoms with Gasteiger partial charge in [-0.05, 0) is 24.4 Å². The van der Waals surface area contributed by atoms with Gasteiger partial charge in [-0.3, -0.25) is 14.3 Å². The third-order valence-electron chi connectivity index (χ3n) is 1.99. The fourth-order valence-corrected chi connectivity index (χ4v) is 1.54. The number of nitrogens with zero attached hydrogens (tertiary/aromatic N) is 1. The van der Waals surface area contributed by atoms with Crippen LogP contribution in [0.2, 0.25) is 0 Å². The summed E-state index contributed by atoms with van der Waals surface area (Å²) in [5.74, 6) is -1.42. The molecular formula is C10H6F2N2OS. The minimum absolute atomic E-state index is 0.0537. The highest BCUT2D eigenvalue weighted by Gasteiger charge is 2.05. The first-order valence-electron chi connectivity index (χ1n) is 4.35. The molecule has 6 heteroatoms. The highest BCUT2D eigenvalue weighted by molar-refractivity contribution is 7.71. The Hall–Kier alpha value is -1.82. The monoisotopic (exact) mass is 240 g/mol. The van der Waals surface area contributed by atoms with Crippen molar-refractivity contribution in [3.63, 3.8) is 0 Å². The number of halogens is 2. The molecule has 0 aliphatic carbocycles. The van der Waals surface area contributed by atoms with E-state index in [1.165, 1.54) is 22.9 Å². The van der Waals surface area contributed by atoms with Crippen molar-refractivity contribution in [2.45, 2.75) is 0 Å². The summed E-state index contributed by atoms with van der Waals surface area (Å²) in [6.07, 6.45) is 1.33. The molecule has 0 atom stereocenters. The second-order valence-electron chi connectivity index (χ2n) is 3.08. The first kappa shape index (κ1) is 10.7. The summed E-state index contributed by atoms with van der Waals surface area (Å²) >= 11 is 4.86. The number of aromatic amines is 1. The topological polar surface area (TPSA) is 37.8 Å². The molecule has 3 nitrogen and oxygen atoms in total. The van der Waals surface area contributed by atoms with Crippen molar-refractivity contribution in [2.24, 2.45) is 0 Å². The molecule has 0 amide bonds. The van der Waals surface area contributed by atoms with Crippen LogP contribution in [0.5, 0.6) is 0 Å². The van der Waals surface area contributed by atoms with Gasteiger partial charge in [0.1, 0.15) is 11.6 Å². The molecule has 2 rings (SSSR count). The maximum atomic E-state index is 13.4. The van der Waals surface area contributed by atoms with Crippen LogP contribution < -0.4 is 5.56 Å². The summed E-state index contributed by atoms with van der Waals surface area (Å²) < 4.78 is 27.4. The predicted molar refractivity (Wildman–Crippen MR) is 57.1 cm³/mol. The molecule has 82 valence electrons. The van der Waals surface area contributed by atoms with Crippen LogP contribution >= 0.6 is 12.2 Å². The van der Waals surface area contributed by atoms with E-state index in [1.54, 1.807) is 0 Å². The Labute approximate surface area is 94.0 Å². The van der Waals surface area contributed by atoms with Crippen molar-refractivity contribution in [3.05, 3.63) is 57.2 Å². The lowest BCUT2D eigenvalue weighted by Crippen LogP contribution is -2.10. The molecule has 0 fully saturated rings. The fraction of sp³-hybridized carbons (Fsp3) is 0. The van der Waals surface area contributed by atoms with Gasteiger partial charge in [-0.15, -0.1) is 0 Å². The zero-order valence-corrected chi connectivity index (χ0v) is 8.72. The summed E-state index contributed by atoms with van der Waals surface area (Å²) in [5, 5.41) is 0. The number of benzene rings is 1. The van der Waals surface area contributed by atoms with Crippen LogP contribution in [0.25, 0.3) is 5.69 Å². The Bertz CT molecular complexity index is 648. The van der Waals surface area contributed by atoms with Crippen LogP contribution in [-0.2, 0) is 0 Å². The Morgan fingerprint density at radius 1 is 1.25 bits per heavy atom. The first-order valence-corrected chi connectivity index (χ1v) is 4.76. The van der Waals surface area contributed by atoms with Crippen molar-refractivity contribution < 1.29 is 8.78 Å². The maximum Gasteiger partial charge on any atom is 0.251 e. The van der Waals surface area contributed by atoms with Gasteiger partial charge in [0.2, 0.25) is 0 Å². The summed E-state index contributed by atoms with van der Waals surface area (Å²) in [6, 6.07) is 4.32. The second-order valence-corrected chi connectivity index (χ2v) is 3.46. The number of aromatic nitrogens is 2. The first-order chi connectivity index (χ1) is 7.58. The van der Waals surface area contributed by atoms with Crippen molar-refractivity contribution in [2.75, 3.05) is 0 Å². The minimum Gasteiger partial charge on any atom is -0.299 e. The van der Waals surface area contributed by atoms with E-state index >= 15 is 0 Å². The van der Waals surface area contributed by atoms with Gasteiger partial charge in [-0.1, -0.05) is 0 Å². The van der Waals surface area contributed by atoms with E-state index in [1.807, 2.05) is 0 Å². The highest BCUT2D eigenvalue weighted by atomic mass is 32.1. The highest BCUT2D eigenvalue weighted by Crippen LogP contribution is 2.13. The molecule has 16 heavy (non-hydrogen) atoms. The van der Waals surface area contributed by atoms with Crippen LogP contribution in [0.15, 0.2) is 35.3 Å². The number of hydrogen-bond donors (Lipinski definition) is 1. The van der Waals surface area contributed by atoms with Crippen LogP contribution in [0, 0.1) is 16.4 Å². The summed E-state index contributed by atoms with van der Waals surface area (Å²) in [6.45, 7) is 0. The molecule has 2 aromatic rings. The van der Waals surface area contributed by atoms with E-state index in [-0.39, 0.29) is 16.0 Å². The summed E-state index contributed by atoms with van der Waals surface area (Å²) in [7, 11) is 0. The Morgan fingerprint density at radius 2 is 2.00 bits per heavy atom. The summed E-state index contributed by atoms with van der Waals surface area (Å²) in [5.41, 5.74) is -0.286.